The first-order valence-corrected chi connectivity index (χ1v) is 8.04. The van der Waals surface area contributed by atoms with Gasteiger partial charge in [-0.25, -0.2) is 0 Å². The number of amides is 1. The average Bonchev–Trinajstić information content (AvgIpc) is 2.96. The Morgan fingerprint density at radius 2 is 2.29 bits per heavy atom. The molecular formula is C14H19NO5S. The highest BCUT2D eigenvalue weighted by Gasteiger charge is 2.15. The topological polar surface area (TPSA) is 77.0 Å². The van der Waals surface area contributed by atoms with Gasteiger partial charge in [-0.2, -0.15) is 11.8 Å². The number of fused-ring (bicyclic) bond motifs is 1. The summed E-state index contributed by atoms with van der Waals surface area (Å²) in [4.78, 5) is 11.8. The molecule has 1 aliphatic heterocycles. The van der Waals surface area contributed by atoms with E-state index in [4.69, 9.17) is 14.2 Å². The predicted molar refractivity (Wildman–Crippen MR) is 80.1 cm³/mol. The van der Waals surface area contributed by atoms with Crippen molar-refractivity contribution in [3.05, 3.63) is 18.2 Å². The molecule has 2 rings (SSSR count). The van der Waals surface area contributed by atoms with E-state index in [2.05, 4.69) is 5.32 Å². The van der Waals surface area contributed by atoms with Gasteiger partial charge in [0.25, 0.3) is 5.91 Å². The number of carbonyl (C=O) groups excluding carboxylic acids is 1. The number of aliphatic hydroxyl groups excluding tert-OH is 1. The van der Waals surface area contributed by atoms with Gasteiger partial charge in [-0.05, 0) is 30.6 Å². The number of carbonyl (C=O) groups is 1. The first-order chi connectivity index (χ1) is 10.2. The van der Waals surface area contributed by atoms with Crippen molar-refractivity contribution < 1.29 is 24.1 Å². The van der Waals surface area contributed by atoms with Crippen LogP contribution in [0.25, 0.3) is 0 Å². The van der Waals surface area contributed by atoms with Gasteiger partial charge in [0, 0.05) is 6.07 Å². The van der Waals surface area contributed by atoms with E-state index < -0.39 is 0 Å². The quantitative estimate of drug-likeness (QED) is 0.746. The lowest BCUT2D eigenvalue weighted by molar-refractivity contribution is -0.124. The molecule has 6 nitrogen and oxygen atoms in total. The van der Waals surface area contributed by atoms with Crippen molar-refractivity contribution in [3.8, 4) is 17.2 Å². The molecule has 116 valence electrons. The number of hydrogen-bond acceptors (Lipinski definition) is 6. The Morgan fingerprint density at radius 1 is 1.48 bits per heavy atom. The first kappa shape index (κ1) is 15.8. The molecule has 0 saturated carbocycles. The van der Waals surface area contributed by atoms with Crippen LogP contribution in [0.2, 0.25) is 0 Å². The van der Waals surface area contributed by atoms with Gasteiger partial charge >= 0.3 is 0 Å². The summed E-state index contributed by atoms with van der Waals surface area (Å²) in [6.07, 6.45) is 2.71. The minimum atomic E-state index is -0.257. The summed E-state index contributed by atoms with van der Waals surface area (Å²) in [5.74, 6) is 2.45. The van der Waals surface area contributed by atoms with Gasteiger partial charge in [-0.15, -0.1) is 0 Å². The number of aliphatic hydroxyl groups is 1. The Balaban J connectivity index is 1.78. The molecule has 1 aliphatic rings. The summed E-state index contributed by atoms with van der Waals surface area (Å²) in [5.41, 5.74) is 0. The zero-order valence-electron chi connectivity index (χ0n) is 11.8. The molecule has 1 atom stereocenters. The summed E-state index contributed by atoms with van der Waals surface area (Å²) >= 11 is 1.67. The monoisotopic (exact) mass is 313 g/mol. The highest BCUT2D eigenvalue weighted by molar-refractivity contribution is 7.98. The molecule has 0 aromatic heterocycles. The molecule has 2 N–H and O–H groups in total. The molecule has 1 amide bonds. The average molecular weight is 313 g/mol. The maximum atomic E-state index is 11.8. The van der Waals surface area contributed by atoms with Crippen LogP contribution in [-0.4, -0.2) is 49.1 Å². The van der Waals surface area contributed by atoms with Crippen LogP contribution < -0.4 is 19.5 Å². The Bertz CT molecular complexity index is 482. The second kappa shape index (κ2) is 7.99. The van der Waals surface area contributed by atoms with E-state index in [9.17, 15) is 9.90 Å². The van der Waals surface area contributed by atoms with Gasteiger partial charge in [0.2, 0.25) is 6.79 Å². The fourth-order valence-electron chi connectivity index (χ4n) is 1.85. The third-order valence-corrected chi connectivity index (χ3v) is 3.61. The molecule has 0 aliphatic carbocycles. The summed E-state index contributed by atoms with van der Waals surface area (Å²) in [6, 6.07) is 4.92. The number of thioether (sulfide) groups is 1. The lowest BCUT2D eigenvalue weighted by Crippen LogP contribution is -2.40. The van der Waals surface area contributed by atoms with E-state index >= 15 is 0 Å². The lowest BCUT2D eigenvalue weighted by atomic mass is 10.2. The largest absolute Gasteiger partial charge is 0.484 e. The molecule has 0 bridgehead atoms. The molecule has 21 heavy (non-hydrogen) atoms. The molecule has 7 heteroatoms. The predicted octanol–water partition coefficient (Wildman–Crippen LogP) is 1.02. The standard InChI is InChI=1S/C14H19NO5S/c1-21-5-4-10(7-16)15-14(17)8-18-11-2-3-12-13(6-11)20-9-19-12/h2-3,6,10,16H,4-5,7-9H2,1H3,(H,15,17). The van der Waals surface area contributed by atoms with Gasteiger partial charge in [0.05, 0.1) is 12.6 Å². The summed E-state index contributed by atoms with van der Waals surface area (Å²) in [6.45, 7) is 0.0264. The molecule has 1 heterocycles. The molecular weight excluding hydrogens is 294 g/mol. The van der Waals surface area contributed by atoms with Crippen molar-refractivity contribution in [2.24, 2.45) is 0 Å². The number of rotatable bonds is 8. The highest BCUT2D eigenvalue weighted by Crippen LogP contribution is 2.34. The van der Waals surface area contributed by atoms with Crippen molar-refractivity contribution >= 4 is 17.7 Å². The fraction of sp³-hybridized carbons (Fsp3) is 0.500. The van der Waals surface area contributed by atoms with E-state index in [1.165, 1.54) is 0 Å². The van der Waals surface area contributed by atoms with E-state index in [-0.39, 0.29) is 32.0 Å². The van der Waals surface area contributed by atoms with E-state index in [1.54, 1.807) is 30.0 Å². The third-order valence-electron chi connectivity index (χ3n) is 2.97. The number of nitrogens with one attached hydrogen (secondary N) is 1. The van der Waals surface area contributed by atoms with Crippen LogP contribution >= 0.6 is 11.8 Å². The molecule has 1 aromatic rings. The fourth-order valence-corrected chi connectivity index (χ4v) is 2.37. The highest BCUT2D eigenvalue weighted by atomic mass is 32.2. The minimum Gasteiger partial charge on any atom is -0.484 e. The molecule has 0 spiro atoms. The molecule has 0 saturated heterocycles. The number of benzene rings is 1. The van der Waals surface area contributed by atoms with E-state index in [0.717, 1.165) is 12.2 Å². The van der Waals surface area contributed by atoms with Gasteiger partial charge in [-0.1, -0.05) is 0 Å². The summed E-state index contributed by atoms with van der Waals surface area (Å²) in [5, 5.41) is 11.9. The second-order valence-corrected chi connectivity index (χ2v) is 5.52. The van der Waals surface area contributed by atoms with Crippen molar-refractivity contribution in [3.63, 3.8) is 0 Å². The SMILES string of the molecule is CSCCC(CO)NC(=O)COc1ccc2c(c1)OCO2. The maximum absolute atomic E-state index is 11.8. The van der Waals surface area contributed by atoms with Crippen molar-refractivity contribution in [1.29, 1.82) is 0 Å². The van der Waals surface area contributed by atoms with Crippen LogP contribution in [0.3, 0.4) is 0 Å². The van der Waals surface area contributed by atoms with Crippen LogP contribution in [0.5, 0.6) is 17.2 Å². The Morgan fingerprint density at radius 3 is 3.05 bits per heavy atom. The van der Waals surface area contributed by atoms with Crippen LogP contribution in [0, 0.1) is 0 Å². The van der Waals surface area contributed by atoms with Crippen LogP contribution in [0.4, 0.5) is 0 Å². The minimum absolute atomic E-state index is 0.0731. The maximum Gasteiger partial charge on any atom is 0.258 e. The molecule has 1 unspecified atom stereocenters. The van der Waals surface area contributed by atoms with Gasteiger partial charge in [0.1, 0.15) is 5.75 Å². The first-order valence-electron chi connectivity index (χ1n) is 6.64. The summed E-state index contributed by atoms with van der Waals surface area (Å²) < 4.78 is 15.8. The van der Waals surface area contributed by atoms with Gasteiger partial charge in [-0.3, -0.25) is 4.79 Å². The van der Waals surface area contributed by atoms with Crippen LogP contribution in [0.15, 0.2) is 18.2 Å². The van der Waals surface area contributed by atoms with Crippen LogP contribution in [0.1, 0.15) is 6.42 Å². The summed E-state index contributed by atoms with van der Waals surface area (Å²) in [7, 11) is 0. The molecule has 1 aromatic carbocycles. The molecule has 0 fully saturated rings. The lowest BCUT2D eigenvalue weighted by Gasteiger charge is -2.16. The zero-order chi connectivity index (χ0) is 15.1. The van der Waals surface area contributed by atoms with Gasteiger partial charge < -0.3 is 24.6 Å². The van der Waals surface area contributed by atoms with Crippen molar-refractivity contribution in [2.75, 3.05) is 32.0 Å². The number of ether oxygens (including phenoxy) is 3. The Hall–Kier alpha value is -1.60. The number of hydrogen-bond donors (Lipinski definition) is 2. The normalized spacial score (nSPS) is 13.8. The van der Waals surface area contributed by atoms with Gasteiger partial charge in [0.15, 0.2) is 18.1 Å². The van der Waals surface area contributed by atoms with E-state index in [1.807, 2.05) is 6.26 Å². The Kier molecular flexibility index (Phi) is 6.01. The van der Waals surface area contributed by atoms with Crippen molar-refractivity contribution in [1.82, 2.24) is 5.32 Å². The smallest absolute Gasteiger partial charge is 0.258 e. The Labute approximate surface area is 127 Å². The van der Waals surface area contributed by atoms with Crippen molar-refractivity contribution in [2.45, 2.75) is 12.5 Å². The zero-order valence-corrected chi connectivity index (χ0v) is 12.6. The third kappa shape index (κ3) is 4.71. The van der Waals surface area contributed by atoms with Crippen LogP contribution in [-0.2, 0) is 4.79 Å². The molecule has 0 radical (unpaired) electrons. The second-order valence-electron chi connectivity index (χ2n) is 4.53. The van der Waals surface area contributed by atoms with E-state index in [0.29, 0.717) is 17.2 Å².